The third-order valence-corrected chi connectivity index (χ3v) is 4.47. The normalized spacial score (nSPS) is 12.7. The van der Waals surface area contributed by atoms with E-state index in [4.69, 9.17) is 17.4 Å². The molecule has 1 unspecified atom stereocenters. The Labute approximate surface area is 115 Å². The second-order valence-corrected chi connectivity index (χ2v) is 5.85. The summed E-state index contributed by atoms with van der Waals surface area (Å²) in [6.07, 6.45) is 0. The van der Waals surface area contributed by atoms with Gasteiger partial charge in [-0.05, 0) is 49.2 Å². The van der Waals surface area contributed by atoms with E-state index in [1.807, 2.05) is 19.9 Å². The molecular formula is C13H14ClFN2S. The van der Waals surface area contributed by atoms with Gasteiger partial charge in [-0.3, -0.25) is 5.84 Å². The number of thiophene rings is 1. The molecule has 0 aliphatic heterocycles. The molecule has 0 spiro atoms. The molecule has 2 nitrogen and oxygen atoms in total. The maximum absolute atomic E-state index is 13.3. The van der Waals surface area contributed by atoms with E-state index in [-0.39, 0.29) is 11.9 Å². The number of halogens is 2. The van der Waals surface area contributed by atoms with Crippen molar-refractivity contribution in [3.05, 3.63) is 56.0 Å². The molecule has 0 aliphatic carbocycles. The lowest BCUT2D eigenvalue weighted by Gasteiger charge is -2.16. The van der Waals surface area contributed by atoms with E-state index in [0.717, 1.165) is 4.88 Å². The van der Waals surface area contributed by atoms with Gasteiger partial charge in [0.2, 0.25) is 0 Å². The molecule has 0 bridgehead atoms. The lowest BCUT2D eigenvalue weighted by molar-refractivity contribution is 0.609. The predicted molar refractivity (Wildman–Crippen MR) is 74.4 cm³/mol. The van der Waals surface area contributed by atoms with E-state index < -0.39 is 0 Å². The molecule has 96 valence electrons. The number of rotatable bonds is 3. The molecule has 1 aromatic carbocycles. The van der Waals surface area contributed by atoms with Gasteiger partial charge in [-0.15, -0.1) is 11.3 Å². The van der Waals surface area contributed by atoms with Gasteiger partial charge in [-0.1, -0.05) is 11.6 Å². The van der Waals surface area contributed by atoms with Crippen molar-refractivity contribution >= 4 is 22.9 Å². The van der Waals surface area contributed by atoms with Crippen LogP contribution in [-0.4, -0.2) is 0 Å². The van der Waals surface area contributed by atoms with Crippen LogP contribution in [-0.2, 0) is 0 Å². The van der Waals surface area contributed by atoms with Crippen LogP contribution >= 0.6 is 22.9 Å². The molecule has 0 saturated heterocycles. The molecule has 0 aliphatic rings. The lowest BCUT2D eigenvalue weighted by atomic mass is 10.1. The van der Waals surface area contributed by atoms with Crippen molar-refractivity contribution in [2.24, 2.45) is 5.84 Å². The Balaban J connectivity index is 2.48. The highest BCUT2D eigenvalue weighted by atomic mass is 35.5. The Hall–Kier alpha value is -0.940. The molecule has 5 heteroatoms. The highest BCUT2D eigenvalue weighted by molar-refractivity contribution is 7.12. The van der Waals surface area contributed by atoms with Gasteiger partial charge in [0.25, 0.3) is 0 Å². The second kappa shape index (κ2) is 5.36. The summed E-state index contributed by atoms with van der Waals surface area (Å²) >= 11 is 7.74. The average Bonchev–Trinajstić information content (AvgIpc) is 2.65. The van der Waals surface area contributed by atoms with Gasteiger partial charge in [-0.25, -0.2) is 9.82 Å². The third kappa shape index (κ3) is 2.57. The molecule has 1 heterocycles. The average molecular weight is 285 g/mol. The van der Waals surface area contributed by atoms with Crippen molar-refractivity contribution < 1.29 is 4.39 Å². The van der Waals surface area contributed by atoms with Gasteiger partial charge in [0.15, 0.2) is 0 Å². The zero-order chi connectivity index (χ0) is 13.3. The van der Waals surface area contributed by atoms with Crippen molar-refractivity contribution in [1.29, 1.82) is 0 Å². The summed E-state index contributed by atoms with van der Waals surface area (Å²) < 4.78 is 13.3. The number of nitrogens with two attached hydrogens (primary N) is 1. The van der Waals surface area contributed by atoms with E-state index in [0.29, 0.717) is 10.6 Å². The first-order valence-electron chi connectivity index (χ1n) is 5.51. The minimum Gasteiger partial charge on any atom is -0.271 e. The number of nitrogens with one attached hydrogen (secondary N) is 1. The highest BCUT2D eigenvalue weighted by Gasteiger charge is 2.19. The van der Waals surface area contributed by atoms with Crippen LogP contribution in [0, 0.1) is 19.7 Å². The second-order valence-electron chi connectivity index (χ2n) is 4.15. The van der Waals surface area contributed by atoms with Gasteiger partial charge >= 0.3 is 0 Å². The van der Waals surface area contributed by atoms with Crippen LogP contribution in [0.3, 0.4) is 0 Å². The zero-order valence-electron chi connectivity index (χ0n) is 10.1. The van der Waals surface area contributed by atoms with Crippen LogP contribution in [0.25, 0.3) is 0 Å². The molecule has 2 aromatic rings. The number of aryl methyl sites for hydroxylation is 2. The lowest BCUT2D eigenvalue weighted by Crippen LogP contribution is -2.28. The summed E-state index contributed by atoms with van der Waals surface area (Å²) in [7, 11) is 0. The van der Waals surface area contributed by atoms with E-state index in [9.17, 15) is 4.39 Å². The Bertz CT molecular complexity index is 549. The first-order valence-corrected chi connectivity index (χ1v) is 6.70. The van der Waals surface area contributed by atoms with E-state index >= 15 is 0 Å². The van der Waals surface area contributed by atoms with Gasteiger partial charge in [0, 0.05) is 14.8 Å². The van der Waals surface area contributed by atoms with Gasteiger partial charge in [0.05, 0.1) is 6.04 Å². The Morgan fingerprint density at radius 1 is 1.33 bits per heavy atom. The maximum atomic E-state index is 13.3. The van der Waals surface area contributed by atoms with Crippen molar-refractivity contribution in [2.75, 3.05) is 0 Å². The molecule has 1 aromatic heterocycles. The largest absolute Gasteiger partial charge is 0.271 e. The van der Waals surface area contributed by atoms with Crippen LogP contribution in [0.15, 0.2) is 24.3 Å². The number of hydrogen-bond donors (Lipinski definition) is 2. The SMILES string of the molecule is Cc1cc(C(NN)c2cc(F)ccc2Cl)sc1C. The zero-order valence-corrected chi connectivity index (χ0v) is 11.7. The minimum absolute atomic E-state index is 0.286. The molecule has 0 amide bonds. The van der Waals surface area contributed by atoms with Crippen molar-refractivity contribution in [1.82, 2.24) is 5.43 Å². The molecular weight excluding hydrogens is 271 g/mol. The topological polar surface area (TPSA) is 38.0 Å². The van der Waals surface area contributed by atoms with Crippen molar-refractivity contribution in [3.8, 4) is 0 Å². The quantitative estimate of drug-likeness (QED) is 0.666. The van der Waals surface area contributed by atoms with Crippen LogP contribution in [0.4, 0.5) is 4.39 Å². The molecule has 18 heavy (non-hydrogen) atoms. The molecule has 0 fully saturated rings. The summed E-state index contributed by atoms with van der Waals surface area (Å²) in [5.74, 6) is 5.27. The maximum Gasteiger partial charge on any atom is 0.123 e. The fraction of sp³-hybridized carbons (Fsp3) is 0.231. The standard InChI is InChI=1S/C13H14ClFN2S/c1-7-5-12(18-8(7)2)13(17-16)10-6-9(15)3-4-11(10)14/h3-6,13,17H,16H2,1-2H3. The summed E-state index contributed by atoms with van der Waals surface area (Å²) in [6.45, 7) is 4.08. The highest BCUT2D eigenvalue weighted by Crippen LogP contribution is 2.33. The van der Waals surface area contributed by atoms with Gasteiger partial charge < -0.3 is 0 Å². The molecule has 2 rings (SSSR count). The fourth-order valence-electron chi connectivity index (χ4n) is 1.81. The predicted octanol–water partition coefficient (Wildman–Crippen LogP) is 3.71. The Kier molecular flexibility index (Phi) is 4.02. The monoisotopic (exact) mass is 284 g/mol. The number of hydrazine groups is 1. The summed E-state index contributed by atoms with van der Waals surface area (Å²) in [6, 6.07) is 6.06. The van der Waals surface area contributed by atoms with Crippen LogP contribution < -0.4 is 11.3 Å². The summed E-state index contributed by atoms with van der Waals surface area (Å²) in [5, 5.41) is 0.503. The number of hydrogen-bond acceptors (Lipinski definition) is 3. The smallest absolute Gasteiger partial charge is 0.123 e. The van der Waals surface area contributed by atoms with Crippen LogP contribution in [0.1, 0.15) is 26.9 Å². The summed E-state index contributed by atoms with van der Waals surface area (Å²) in [5.41, 5.74) is 4.55. The van der Waals surface area contributed by atoms with Gasteiger partial charge in [0.1, 0.15) is 5.82 Å². The Morgan fingerprint density at radius 3 is 2.61 bits per heavy atom. The van der Waals surface area contributed by atoms with Crippen molar-refractivity contribution in [3.63, 3.8) is 0 Å². The molecule has 1 atom stereocenters. The molecule has 0 saturated carbocycles. The molecule has 0 radical (unpaired) electrons. The van der Waals surface area contributed by atoms with E-state index in [2.05, 4.69) is 5.43 Å². The summed E-state index contributed by atoms with van der Waals surface area (Å²) in [4.78, 5) is 2.25. The Morgan fingerprint density at radius 2 is 2.06 bits per heavy atom. The molecule has 3 N–H and O–H groups in total. The minimum atomic E-state index is -0.320. The van der Waals surface area contributed by atoms with E-state index in [1.165, 1.54) is 22.6 Å². The van der Waals surface area contributed by atoms with Crippen molar-refractivity contribution in [2.45, 2.75) is 19.9 Å². The van der Waals surface area contributed by atoms with Gasteiger partial charge in [-0.2, -0.15) is 0 Å². The van der Waals surface area contributed by atoms with E-state index in [1.54, 1.807) is 17.4 Å². The fourth-order valence-corrected chi connectivity index (χ4v) is 3.15. The first-order chi connectivity index (χ1) is 8.52. The first kappa shape index (κ1) is 13.5. The van der Waals surface area contributed by atoms with Crippen LogP contribution in [0.5, 0.6) is 0 Å². The number of benzene rings is 1. The van der Waals surface area contributed by atoms with Crippen LogP contribution in [0.2, 0.25) is 5.02 Å². The third-order valence-electron chi connectivity index (χ3n) is 2.91.